The lowest BCUT2D eigenvalue weighted by Gasteiger charge is -2.15. The lowest BCUT2D eigenvalue weighted by molar-refractivity contribution is 0.818. The van der Waals surface area contributed by atoms with Crippen molar-refractivity contribution < 1.29 is 0 Å². The van der Waals surface area contributed by atoms with E-state index in [0.29, 0.717) is 16.5 Å². The summed E-state index contributed by atoms with van der Waals surface area (Å²) in [5.41, 5.74) is 3.56. The van der Waals surface area contributed by atoms with Crippen molar-refractivity contribution >= 4 is 28.5 Å². The van der Waals surface area contributed by atoms with Crippen LogP contribution in [0.5, 0.6) is 0 Å². The number of benzene rings is 1. The van der Waals surface area contributed by atoms with E-state index >= 15 is 0 Å². The molecule has 3 heterocycles. The van der Waals surface area contributed by atoms with Crippen LogP contribution in [0.4, 0.5) is 5.95 Å². The molecule has 7 nitrogen and oxygen atoms in total. The highest BCUT2D eigenvalue weighted by Gasteiger charge is 2.19. The predicted octanol–water partition coefficient (Wildman–Crippen LogP) is 3.82. The number of nitrogens with zero attached hydrogens (tertiary/aromatic N) is 4. The van der Waals surface area contributed by atoms with Gasteiger partial charge in [-0.1, -0.05) is 11.6 Å². The van der Waals surface area contributed by atoms with Crippen LogP contribution in [0.15, 0.2) is 47.7 Å². The fourth-order valence-corrected chi connectivity index (χ4v) is 4.03. The minimum atomic E-state index is -0.286. The molecule has 1 aliphatic rings. The molecule has 0 saturated heterocycles. The van der Waals surface area contributed by atoms with Crippen LogP contribution in [-0.4, -0.2) is 24.5 Å². The largest absolute Gasteiger partial charge is 0.347 e. The molecule has 1 aromatic carbocycles. The normalized spacial score (nSPS) is 14.1. The maximum Gasteiger partial charge on any atom is 0.253 e. The SMILES string of the molecule is C[C@H](Nc1nccc(-n2cnc3c2CCC3)n1)c1cc2cc(Cl)ccc2[nH]c1=O. The van der Waals surface area contributed by atoms with Gasteiger partial charge in [-0.3, -0.25) is 9.36 Å². The van der Waals surface area contributed by atoms with Gasteiger partial charge >= 0.3 is 0 Å². The molecule has 0 unspecified atom stereocenters. The second kappa shape index (κ2) is 7.00. The molecule has 1 aliphatic carbocycles. The number of rotatable bonds is 4. The monoisotopic (exact) mass is 406 g/mol. The Morgan fingerprint density at radius 1 is 1.21 bits per heavy atom. The van der Waals surface area contributed by atoms with Gasteiger partial charge < -0.3 is 10.3 Å². The topological polar surface area (TPSA) is 88.5 Å². The summed E-state index contributed by atoms with van der Waals surface area (Å²) in [5, 5.41) is 4.74. The van der Waals surface area contributed by atoms with E-state index in [1.165, 1.54) is 5.69 Å². The molecule has 0 amide bonds. The van der Waals surface area contributed by atoms with Crippen LogP contribution in [0.1, 0.15) is 36.3 Å². The highest BCUT2D eigenvalue weighted by molar-refractivity contribution is 6.31. The number of aryl methyl sites for hydroxylation is 1. The van der Waals surface area contributed by atoms with Crippen molar-refractivity contribution in [1.82, 2.24) is 24.5 Å². The number of halogens is 1. The van der Waals surface area contributed by atoms with Crippen LogP contribution in [0.25, 0.3) is 16.7 Å². The smallest absolute Gasteiger partial charge is 0.253 e. The van der Waals surface area contributed by atoms with Crippen LogP contribution in [0, 0.1) is 0 Å². The second-order valence-electron chi connectivity index (χ2n) is 7.25. The van der Waals surface area contributed by atoms with Crippen molar-refractivity contribution in [1.29, 1.82) is 0 Å². The predicted molar refractivity (Wildman–Crippen MR) is 113 cm³/mol. The average molecular weight is 407 g/mol. The van der Waals surface area contributed by atoms with Crippen molar-refractivity contribution in [2.45, 2.75) is 32.2 Å². The van der Waals surface area contributed by atoms with Gasteiger partial charge in [0.25, 0.3) is 5.56 Å². The van der Waals surface area contributed by atoms with E-state index in [4.69, 9.17) is 11.6 Å². The summed E-state index contributed by atoms with van der Waals surface area (Å²) in [6, 6.07) is 8.82. The van der Waals surface area contributed by atoms with Crippen molar-refractivity contribution in [3.8, 4) is 5.82 Å². The summed E-state index contributed by atoms with van der Waals surface area (Å²) < 4.78 is 2.02. The van der Waals surface area contributed by atoms with Gasteiger partial charge in [-0.2, -0.15) is 4.98 Å². The van der Waals surface area contributed by atoms with Crippen LogP contribution < -0.4 is 10.9 Å². The van der Waals surface area contributed by atoms with Gasteiger partial charge in [-0.05, 0) is 56.5 Å². The highest BCUT2D eigenvalue weighted by Crippen LogP contribution is 2.24. The minimum Gasteiger partial charge on any atom is -0.347 e. The van der Waals surface area contributed by atoms with Gasteiger partial charge in [0.2, 0.25) is 5.95 Å². The molecular weight excluding hydrogens is 388 g/mol. The lowest BCUT2D eigenvalue weighted by Crippen LogP contribution is -2.20. The minimum absolute atomic E-state index is 0.150. The summed E-state index contributed by atoms with van der Waals surface area (Å²) in [7, 11) is 0. The van der Waals surface area contributed by atoms with E-state index in [1.54, 1.807) is 18.3 Å². The summed E-state index contributed by atoms with van der Waals surface area (Å²) in [4.78, 5) is 28.9. The Hall–Kier alpha value is -3.19. The molecule has 8 heteroatoms. The molecule has 29 heavy (non-hydrogen) atoms. The third kappa shape index (κ3) is 3.27. The van der Waals surface area contributed by atoms with Crippen molar-refractivity contribution in [3.63, 3.8) is 0 Å². The molecule has 0 bridgehead atoms. The third-order valence-corrected chi connectivity index (χ3v) is 5.55. The average Bonchev–Trinajstić information content (AvgIpc) is 3.31. The Labute approximate surface area is 171 Å². The first-order chi connectivity index (χ1) is 14.1. The van der Waals surface area contributed by atoms with Crippen LogP contribution in [0.2, 0.25) is 5.02 Å². The van der Waals surface area contributed by atoms with Gasteiger partial charge in [-0.15, -0.1) is 0 Å². The molecule has 0 radical (unpaired) electrons. The maximum atomic E-state index is 12.5. The molecule has 5 rings (SSSR count). The van der Waals surface area contributed by atoms with Crippen molar-refractivity contribution in [2.75, 3.05) is 5.32 Å². The first-order valence-corrected chi connectivity index (χ1v) is 9.94. The fraction of sp³-hybridized carbons (Fsp3) is 0.238. The Balaban J connectivity index is 1.45. The van der Waals surface area contributed by atoms with Crippen molar-refractivity contribution in [3.05, 3.63) is 75.2 Å². The van der Waals surface area contributed by atoms with E-state index < -0.39 is 0 Å². The molecule has 2 N–H and O–H groups in total. The number of imidazole rings is 1. The van der Waals surface area contributed by atoms with E-state index in [2.05, 4.69) is 25.3 Å². The Kier molecular flexibility index (Phi) is 4.32. The standard InChI is InChI=1S/C21H19ClN6O/c1-12(15-10-13-9-14(22)5-6-16(13)26-20(15)29)25-21-23-8-7-19(27-21)28-11-24-17-3-2-4-18(17)28/h5-12H,2-4H2,1H3,(H,26,29)(H,23,25,27)/t12-/m0/s1. The molecule has 1 atom stereocenters. The molecule has 0 aliphatic heterocycles. The Morgan fingerprint density at radius 3 is 3.00 bits per heavy atom. The number of nitrogens with one attached hydrogen (secondary N) is 2. The number of aromatic amines is 1. The molecule has 0 spiro atoms. The fourth-order valence-electron chi connectivity index (χ4n) is 3.85. The van der Waals surface area contributed by atoms with Gasteiger partial charge in [0.15, 0.2) is 0 Å². The van der Waals surface area contributed by atoms with Crippen LogP contribution in [0.3, 0.4) is 0 Å². The highest BCUT2D eigenvalue weighted by atomic mass is 35.5. The van der Waals surface area contributed by atoms with Crippen LogP contribution >= 0.6 is 11.6 Å². The van der Waals surface area contributed by atoms with Gasteiger partial charge in [0.05, 0.1) is 11.7 Å². The summed E-state index contributed by atoms with van der Waals surface area (Å²) in [6.07, 6.45) is 6.68. The number of fused-ring (bicyclic) bond motifs is 2. The Bertz CT molecular complexity index is 1280. The first-order valence-electron chi connectivity index (χ1n) is 9.56. The summed E-state index contributed by atoms with van der Waals surface area (Å²) in [6.45, 7) is 1.91. The zero-order valence-electron chi connectivity index (χ0n) is 15.8. The van der Waals surface area contributed by atoms with Gasteiger partial charge in [0.1, 0.15) is 12.1 Å². The van der Waals surface area contributed by atoms with Crippen molar-refractivity contribution in [2.24, 2.45) is 0 Å². The number of aromatic nitrogens is 5. The quantitative estimate of drug-likeness (QED) is 0.538. The Morgan fingerprint density at radius 2 is 2.10 bits per heavy atom. The summed E-state index contributed by atoms with van der Waals surface area (Å²) in [5.74, 6) is 1.23. The first kappa shape index (κ1) is 17.9. The number of H-pyrrole nitrogens is 1. The number of hydrogen-bond donors (Lipinski definition) is 2. The van der Waals surface area contributed by atoms with E-state index in [1.807, 2.05) is 36.0 Å². The number of anilines is 1. The molecule has 4 aromatic rings. The third-order valence-electron chi connectivity index (χ3n) is 5.31. The molecule has 3 aromatic heterocycles. The zero-order chi connectivity index (χ0) is 20.0. The van der Waals surface area contributed by atoms with E-state index in [-0.39, 0.29) is 11.6 Å². The maximum absolute atomic E-state index is 12.5. The van der Waals surface area contributed by atoms with E-state index in [9.17, 15) is 4.79 Å². The second-order valence-corrected chi connectivity index (χ2v) is 7.69. The zero-order valence-corrected chi connectivity index (χ0v) is 16.6. The molecular formula is C21H19ClN6O. The molecule has 146 valence electrons. The van der Waals surface area contributed by atoms with E-state index in [0.717, 1.165) is 41.7 Å². The van der Waals surface area contributed by atoms with Gasteiger partial charge in [0, 0.05) is 33.4 Å². The lowest BCUT2D eigenvalue weighted by atomic mass is 10.1. The number of pyridine rings is 1. The molecule has 0 fully saturated rings. The van der Waals surface area contributed by atoms with Gasteiger partial charge in [-0.25, -0.2) is 9.97 Å². The van der Waals surface area contributed by atoms with Crippen LogP contribution in [-0.2, 0) is 12.8 Å². The summed E-state index contributed by atoms with van der Waals surface area (Å²) >= 11 is 6.09. The molecule has 0 saturated carbocycles. The number of hydrogen-bond acceptors (Lipinski definition) is 5.